The van der Waals surface area contributed by atoms with Gasteiger partial charge in [0.05, 0.1) is 24.1 Å². The highest BCUT2D eigenvalue weighted by atomic mass is 79.9. The van der Waals surface area contributed by atoms with Gasteiger partial charge in [0.2, 0.25) is 0 Å². The molecule has 142 valence electrons. The topological polar surface area (TPSA) is 72.3 Å². The van der Waals surface area contributed by atoms with E-state index in [1.54, 1.807) is 25.1 Å². The second-order valence-electron chi connectivity index (χ2n) is 6.00. The summed E-state index contributed by atoms with van der Waals surface area (Å²) in [5, 5.41) is 4.13. The molecule has 0 aliphatic carbocycles. The monoisotopic (exact) mass is 520 g/mol. The molecule has 0 unspecified atom stereocenters. The van der Waals surface area contributed by atoms with Crippen molar-refractivity contribution in [3.63, 3.8) is 0 Å². The van der Waals surface area contributed by atoms with Crippen LogP contribution >= 0.6 is 43.6 Å². The number of aromatic nitrogens is 4. The van der Waals surface area contributed by atoms with Crippen molar-refractivity contribution in [3.8, 4) is 16.9 Å². The Morgan fingerprint density at radius 1 is 1.14 bits per heavy atom. The summed E-state index contributed by atoms with van der Waals surface area (Å²) in [5.41, 5.74) is 3.11. The molecule has 6 nitrogen and oxygen atoms in total. The van der Waals surface area contributed by atoms with Crippen LogP contribution in [0, 0.1) is 6.92 Å². The zero-order valence-corrected chi connectivity index (χ0v) is 18.9. The predicted octanol–water partition coefficient (Wildman–Crippen LogP) is 5.08. The number of nitrogens with one attached hydrogen (secondary N) is 1. The van der Waals surface area contributed by atoms with Crippen LogP contribution in [0.15, 0.2) is 66.4 Å². The first kappa shape index (κ1) is 19.2. The van der Waals surface area contributed by atoms with Crippen molar-refractivity contribution >= 4 is 49.3 Å². The van der Waals surface area contributed by atoms with Crippen LogP contribution in [0.2, 0.25) is 0 Å². The van der Waals surface area contributed by atoms with E-state index in [9.17, 15) is 4.79 Å². The minimum absolute atomic E-state index is 0.311. The SMILES string of the molecule is COc1cc(Sc2ccc(-c3cnn4c(=O)[nH]cnc34)cc2C)c(Br)cc1Br. The molecule has 0 fully saturated rings. The Kier molecular flexibility index (Phi) is 5.31. The Morgan fingerprint density at radius 2 is 1.96 bits per heavy atom. The van der Waals surface area contributed by atoms with Gasteiger partial charge in [-0.2, -0.15) is 9.61 Å². The molecule has 0 amide bonds. The van der Waals surface area contributed by atoms with E-state index in [0.29, 0.717) is 5.65 Å². The number of benzene rings is 2. The standard InChI is InChI=1S/C19H14Br2N4O2S/c1-10-5-11(12-8-24-25-18(12)22-9-23-19(25)26)3-4-16(10)28-17-7-15(27-2)13(20)6-14(17)21/h3-9H,1-2H3,(H,22,23,26). The fraction of sp³-hybridized carbons (Fsp3) is 0.105. The molecular formula is C19H14Br2N4O2S. The fourth-order valence-electron chi connectivity index (χ4n) is 2.82. The maximum atomic E-state index is 11.8. The number of H-pyrrole nitrogens is 1. The highest BCUT2D eigenvalue weighted by molar-refractivity contribution is 9.11. The van der Waals surface area contributed by atoms with Crippen molar-refractivity contribution in [1.29, 1.82) is 0 Å². The molecule has 2 aromatic heterocycles. The Hall–Kier alpha value is -2.10. The smallest absolute Gasteiger partial charge is 0.349 e. The highest BCUT2D eigenvalue weighted by Gasteiger charge is 2.13. The van der Waals surface area contributed by atoms with Gasteiger partial charge in [-0.15, -0.1) is 0 Å². The average molecular weight is 522 g/mol. The minimum Gasteiger partial charge on any atom is -0.496 e. The number of methoxy groups -OCH3 is 1. The van der Waals surface area contributed by atoms with Gasteiger partial charge >= 0.3 is 5.69 Å². The van der Waals surface area contributed by atoms with Gasteiger partial charge in [0.1, 0.15) is 5.75 Å². The molecule has 28 heavy (non-hydrogen) atoms. The lowest BCUT2D eigenvalue weighted by Gasteiger charge is -2.11. The summed E-state index contributed by atoms with van der Waals surface area (Å²) in [5.74, 6) is 0.780. The number of hydrogen-bond donors (Lipinski definition) is 1. The Labute approximate surface area is 181 Å². The number of rotatable bonds is 4. The van der Waals surface area contributed by atoms with Crippen LogP contribution in [0.1, 0.15) is 5.56 Å². The van der Waals surface area contributed by atoms with Crippen LogP contribution in [0.3, 0.4) is 0 Å². The van der Waals surface area contributed by atoms with E-state index < -0.39 is 0 Å². The van der Waals surface area contributed by atoms with Crippen molar-refractivity contribution in [1.82, 2.24) is 19.6 Å². The van der Waals surface area contributed by atoms with Gasteiger partial charge in [-0.05, 0) is 68.1 Å². The zero-order valence-electron chi connectivity index (χ0n) is 14.9. The van der Waals surface area contributed by atoms with E-state index >= 15 is 0 Å². The molecule has 0 spiro atoms. The van der Waals surface area contributed by atoms with Crippen LogP contribution in [0.4, 0.5) is 0 Å². The van der Waals surface area contributed by atoms with E-state index in [0.717, 1.165) is 41.2 Å². The summed E-state index contributed by atoms with van der Waals surface area (Å²) in [7, 11) is 1.65. The number of aromatic amines is 1. The second kappa shape index (κ2) is 7.73. The summed E-state index contributed by atoms with van der Waals surface area (Å²) in [4.78, 5) is 20.8. The van der Waals surface area contributed by atoms with Crippen LogP contribution in [-0.2, 0) is 0 Å². The zero-order chi connectivity index (χ0) is 19.8. The number of nitrogens with zero attached hydrogens (tertiary/aromatic N) is 3. The second-order valence-corrected chi connectivity index (χ2v) is 8.79. The molecule has 9 heteroatoms. The summed E-state index contributed by atoms with van der Waals surface area (Å²) in [6, 6.07) is 10.1. The van der Waals surface area contributed by atoms with Crippen molar-refractivity contribution in [2.24, 2.45) is 0 Å². The molecule has 4 rings (SSSR count). The maximum Gasteiger partial charge on any atom is 0.349 e. The molecule has 1 N–H and O–H groups in total. The molecule has 2 heterocycles. The molecule has 0 radical (unpaired) electrons. The Bertz CT molecular complexity index is 1250. The molecule has 0 aliphatic rings. The van der Waals surface area contributed by atoms with Gasteiger partial charge in [-0.25, -0.2) is 9.78 Å². The van der Waals surface area contributed by atoms with Gasteiger partial charge < -0.3 is 4.74 Å². The minimum atomic E-state index is -0.311. The van der Waals surface area contributed by atoms with Gasteiger partial charge in [0, 0.05) is 19.8 Å². The Morgan fingerprint density at radius 3 is 2.71 bits per heavy atom. The van der Waals surface area contributed by atoms with Gasteiger partial charge in [-0.3, -0.25) is 4.98 Å². The third kappa shape index (κ3) is 3.49. The molecule has 2 aromatic carbocycles. The lowest BCUT2D eigenvalue weighted by atomic mass is 10.1. The fourth-order valence-corrected chi connectivity index (χ4v) is 5.14. The molecule has 0 atom stereocenters. The van der Waals surface area contributed by atoms with Crippen LogP contribution in [0.25, 0.3) is 16.8 Å². The van der Waals surface area contributed by atoms with Gasteiger partial charge in [0.15, 0.2) is 5.65 Å². The first-order valence-corrected chi connectivity index (χ1v) is 10.6. The number of fused-ring (bicyclic) bond motifs is 1. The van der Waals surface area contributed by atoms with Crippen LogP contribution in [0.5, 0.6) is 5.75 Å². The number of halogens is 2. The van der Waals surface area contributed by atoms with Crippen molar-refractivity contribution in [3.05, 3.63) is 67.8 Å². The average Bonchev–Trinajstić information content (AvgIpc) is 3.11. The lowest BCUT2D eigenvalue weighted by Crippen LogP contribution is -2.17. The predicted molar refractivity (Wildman–Crippen MR) is 116 cm³/mol. The molecule has 0 saturated carbocycles. The van der Waals surface area contributed by atoms with Crippen molar-refractivity contribution in [2.75, 3.05) is 7.11 Å². The van der Waals surface area contributed by atoms with Gasteiger partial charge in [0.25, 0.3) is 0 Å². The first-order chi connectivity index (χ1) is 13.5. The summed E-state index contributed by atoms with van der Waals surface area (Å²) >= 11 is 8.76. The molecule has 0 saturated heterocycles. The summed E-state index contributed by atoms with van der Waals surface area (Å²) in [6.07, 6.45) is 3.05. The largest absolute Gasteiger partial charge is 0.496 e. The lowest BCUT2D eigenvalue weighted by molar-refractivity contribution is 0.411. The van der Waals surface area contributed by atoms with Crippen LogP contribution in [-0.4, -0.2) is 26.7 Å². The summed E-state index contributed by atoms with van der Waals surface area (Å²) < 4.78 is 8.55. The number of ether oxygens (including phenoxy) is 1. The van der Waals surface area contributed by atoms with Crippen molar-refractivity contribution < 1.29 is 4.74 Å². The summed E-state index contributed by atoms with van der Waals surface area (Å²) in [6.45, 7) is 2.06. The van der Waals surface area contributed by atoms with E-state index in [4.69, 9.17) is 4.74 Å². The molecule has 4 aromatic rings. The third-order valence-corrected chi connectivity index (χ3v) is 7.00. The van der Waals surface area contributed by atoms with Crippen LogP contribution < -0.4 is 10.4 Å². The van der Waals surface area contributed by atoms with Gasteiger partial charge in [-0.1, -0.05) is 23.9 Å². The van der Waals surface area contributed by atoms with E-state index in [1.807, 2.05) is 18.2 Å². The molecular weight excluding hydrogens is 508 g/mol. The molecule has 0 bridgehead atoms. The van der Waals surface area contributed by atoms with Crippen molar-refractivity contribution in [2.45, 2.75) is 16.7 Å². The number of aryl methyl sites for hydroxylation is 1. The number of hydrogen-bond acceptors (Lipinski definition) is 5. The first-order valence-electron chi connectivity index (χ1n) is 8.21. The van der Waals surface area contributed by atoms with E-state index in [-0.39, 0.29) is 5.69 Å². The van der Waals surface area contributed by atoms with E-state index in [1.165, 1.54) is 10.8 Å². The normalized spacial score (nSPS) is 11.1. The Balaban J connectivity index is 1.71. The quantitative estimate of drug-likeness (QED) is 0.405. The maximum absolute atomic E-state index is 11.8. The highest BCUT2D eigenvalue weighted by Crippen LogP contribution is 2.41. The third-order valence-electron chi connectivity index (χ3n) is 4.22. The van der Waals surface area contributed by atoms with E-state index in [2.05, 4.69) is 66.0 Å². The molecule has 0 aliphatic heterocycles.